The number of amides is 1. The van der Waals surface area contributed by atoms with E-state index >= 15 is 0 Å². The summed E-state index contributed by atoms with van der Waals surface area (Å²) in [6.07, 6.45) is 1.44. The van der Waals surface area contributed by atoms with Gasteiger partial charge in [0, 0.05) is 7.05 Å². The number of rotatable bonds is 9. The number of aliphatic imine (C=N–C) groups is 1. The summed E-state index contributed by atoms with van der Waals surface area (Å²) in [6, 6.07) is 11.1. The molecule has 0 aliphatic heterocycles. The van der Waals surface area contributed by atoms with Gasteiger partial charge in [-0.25, -0.2) is 0 Å². The number of furan rings is 1. The highest BCUT2D eigenvalue weighted by Gasteiger charge is 2.10. The van der Waals surface area contributed by atoms with E-state index in [1.54, 1.807) is 32.6 Å². The molecular formula is C19H27IN4O4. The molecule has 0 saturated carbocycles. The third-order valence-corrected chi connectivity index (χ3v) is 3.63. The molecule has 0 fully saturated rings. The maximum absolute atomic E-state index is 11.9. The molecule has 1 aromatic carbocycles. The number of para-hydroxylation sites is 2. The molecular weight excluding hydrogens is 475 g/mol. The number of nitrogens with zero attached hydrogens (tertiary/aromatic N) is 1. The number of carbonyl (C=O) groups is 1. The number of guanidine groups is 1. The van der Waals surface area contributed by atoms with Crippen LogP contribution >= 0.6 is 24.0 Å². The summed E-state index contributed by atoms with van der Waals surface area (Å²) in [5.41, 5.74) is 0. The minimum Gasteiger partial charge on any atom is -0.493 e. The third-order valence-electron chi connectivity index (χ3n) is 3.63. The Kier molecular flexibility index (Phi) is 10.8. The predicted molar refractivity (Wildman–Crippen MR) is 118 cm³/mol. The number of hydrogen-bond acceptors (Lipinski definition) is 5. The van der Waals surface area contributed by atoms with Crippen molar-refractivity contribution < 1.29 is 18.7 Å². The van der Waals surface area contributed by atoms with Crippen LogP contribution in [0.1, 0.15) is 12.7 Å². The maximum Gasteiger partial charge on any atom is 0.239 e. The SMILES string of the molecule is CN=C(NCC(=O)NCc1ccco1)NCC(C)Oc1ccccc1OC.I. The van der Waals surface area contributed by atoms with Gasteiger partial charge in [0.15, 0.2) is 17.5 Å². The first-order valence-corrected chi connectivity index (χ1v) is 8.65. The van der Waals surface area contributed by atoms with Gasteiger partial charge in [0.25, 0.3) is 0 Å². The average Bonchev–Trinajstić information content (AvgIpc) is 3.20. The molecule has 1 unspecified atom stereocenters. The second-order valence-electron chi connectivity index (χ2n) is 5.74. The van der Waals surface area contributed by atoms with Gasteiger partial charge in [0.05, 0.1) is 33.0 Å². The molecule has 1 heterocycles. The normalized spacial score (nSPS) is 11.8. The summed E-state index contributed by atoms with van der Waals surface area (Å²) in [6.45, 7) is 2.89. The Morgan fingerprint density at radius 3 is 2.54 bits per heavy atom. The zero-order chi connectivity index (χ0) is 19.5. The van der Waals surface area contributed by atoms with E-state index in [1.165, 1.54) is 0 Å². The van der Waals surface area contributed by atoms with Gasteiger partial charge in [0.1, 0.15) is 11.9 Å². The molecule has 3 N–H and O–H groups in total. The molecule has 0 radical (unpaired) electrons. The highest BCUT2D eigenvalue weighted by molar-refractivity contribution is 14.0. The standard InChI is InChI=1S/C19H26N4O4.HI/c1-14(27-17-9-5-4-8-16(17)25-3)11-22-19(20-2)23-13-18(24)21-12-15-7-6-10-26-15;/h4-10,14H,11-13H2,1-3H3,(H,21,24)(H2,20,22,23);1H. The van der Waals surface area contributed by atoms with Crippen molar-refractivity contribution in [3.63, 3.8) is 0 Å². The lowest BCUT2D eigenvalue weighted by Gasteiger charge is -2.19. The fraction of sp³-hybridized carbons (Fsp3) is 0.368. The molecule has 9 heteroatoms. The molecule has 0 spiro atoms. The Bertz CT molecular complexity index is 737. The molecule has 0 aliphatic carbocycles. The van der Waals surface area contributed by atoms with E-state index in [1.807, 2.05) is 31.2 Å². The molecule has 8 nitrogen and oxygen atoms in total. The van der Waals surface area contributed by atoms with Gasteiger partial charge in [-0.05, 0) is 31.2 Å². The number of ether oxygens (including phenoxy) is 2. The number of halogens is 1. The fourth-order valence-electron chi connectivity index (χ4n) is 2.26. The van der Waals surface area contributed by atoms with Crippen molar-refractivity contribution in [1.29, 1.82) is 0 Å². The average molecular weight is 502 g/mol. The topological polar surface area (TPSA) is 97.1 Å². The van der Waals surface area contributed by atoms with Gasteiger partial charge in [-0.2, -0.15) is 0 Å². The summed E-state index contributed by atoms with van der Waals surface area (Å²) < 4.78 is 16.3. The van der Waals surface area contributed by atoms with E-state index in [0.717, 1.165) is 0 Å². The van der Waals surface area contributed by atoms with E-state index in [9.17, 15) is 4.79 Å². The number of nitrogens with one attached hydrogen (secondary N) is 3. The lowest BCUT2D eigenvalue weighted by Crippen LogP contribution is -2.45. The Morgan fingerprint density at radius 2 is 1.89 bits per heavy atom. The number of methoxy groups -OCH3 is 1. The van der Waals surface area contributed by atoms with E-state index in [4.69, 9.17) is 13.9 Å². The van der Waals surface area contributed by atoms with Crippen molar-refractivity contribution in [3.05, 3.63) is 48.4 Å². The quantitative estimate of drug-likeness (QED) is 0.276. The van der Waals surface area contributed by atoms with Crippen molar-refractivity contribution in [2.75, 3.05) is 27.2 Å². The first-order valence-electron chi connectivity index (χ1n) is 8.65. The highest BCUT2D eigenvalue weighted by Crippen LogP contribution is 2.26. The molecule has 2 aromatic rings. The zero-order valence-corrected chi connectivity index (χ0v) is 18.6. The van der Waals surface area contributed by atoms with Crippen LogP contribution in [0.25, 0.3) is 0 Å². The largest absolute Gasteiger partial charge is 0.493 e. The minimum atomic E-state index is -0.160. The first-order chi connectivity index (χ1) is 13.1. The molecule has 0 bridgehead atoms. The summed E-state index contributed by atoms with van der Waals surface area (Å²) in [5.74, 6) is 2.41. The van der Waals surface area contributed by atoms with Crippen LogP contribution in [0.15, 0.2) is 52.1 Å². The van der Waals surface area contributed by atoms with E-state index < -0.39 is 0 Å². The van der Waals surface area contributed by atoms with E-state index in [2.05, 4.69) is 20.9 Å². The second-order valence-corrected chi connectivity index (χ2v) is 5.74. The van der Waals surface area contributed by atoms with Crippen molar-refractivity contribution in [2.24, 2.45) is 4.99 Å². The van der Waals surface area contributed by atoms with Gasteiger partial charge in [-0.15, -0.1) is 24.0 Å². The third kappa shape index (κ3) is 8.07. The van der Waals surface area contributed by atoms with Gasteiger partial charge >= 0.3 is 0 Å². The van der Waals surface area contributed by atoms with Crippen LogP contribution in [0.3, 0.4) is 0 Å². The Labute approximate surface area is 182 Å². The van der Waals surface area contributed by atoms with Crippen LogP contribution in [0.2, 0.25) is 0 Å². The Morgan fingerprint density at radius 1 is 1.14 bits per heavy atom. The zero-order valence-electron chi connectivity index (χ0n) is 16.2. The first kappa shape index (κ1) is 23.6. The van der Waals surface area contributed by atoms with Crippen LogP contribution in [-0.2, 0) is 11.3 Å². The van der Waals surface area contributed by atoms with Crippen LogP contribution in [0.4, 0.5) is 0 Å². The monoisotopic (exact) mass is 502 g/mol. The molecule has 28 heavy (non-hydrogen) atoms. The molecule has 154 valence electrons. The van der Waals surface area contributed by atoms with Gasteiger partial charge < -0.3 is 29.8 Å². The maximum atomic E-state index is 11.9. The smallest absolute Gasteiger partial charge is 0.239 e. The van der Waals surface area contributed by atoms with Crippen molar-refractivity contribution >= 4 is 35.8 Å². The van der Waals surface area contributed by atoms with Crippen molar-refractivity contribution in [3.8, 4) is 11.5 Å². The summed E-state index contributed by atoms with van der Waals surface area (Å²) >= 11 is 0. The highest BCUT2D eigenvalue weighted by atomic mass is 127. The van der Waals surface area contributed by atoms with Crippen molar-refractivity contribution in [1.82, 2.24) is 16.0 Å². The summed E-state index contributed by atoms with van der Waals surface area (Å²) in [7, 11) is 3.25. The molecule has 1 amide bonds. The lowest BCUT2D eigenvalue weighted by molar-refractivity contribution is -0.120. The van der Waals surface area contributed by atoms with Crippen LogP contribution in [-0.4, -0.2) is 45.2 Å². The molecule has 2 rings (SSSR count). The summed E-state index contributed by atoms with van der Waals surface area (Å²) in [4.78, 5) is 16.0. The molecule has 1 aromatic heterocycles. The van der Waals surface area contributed by atoms with E-state index in [0.29, 0.717) is 36.3 Å². The van der Waals surface area contributed by atoms with Crippen molar-refractivity contribution in [2.45, 2.75) is 19.6 Å². The van der Waals surface area contributed by atoms with Crippen LogP contribution in [0.5, 0.6) is 11.5 Å². The molecule has 0 aliphatic rings. The van der Waals surface area contributed by atoms with Gasteiger partial charge in [-0.3, -0.25) is 9.79 Å². The van der Waals surface area contributed by atoms with Gasteiger partial charge in [0.2, 0.25) is 5.91 Å². The number of carbonyl (C=O) groups excluding carboxylic acids is 1. The Balaban J connectivity index is 0.00000392. The lowest BCUT2D eigenvalue weighted by atomic mass is 10.3. The number of benzene rings is 1. The molecule has 1 atom stereocenters. The summed E-state index contributed by atoms with van der Waals surface area (Å²) in [5, 5.41) is 8.84. The van der Waals surface area contributed by atoms with Crippen LogP contribution < -0.4 is 25.4 Å². The van der Waals surface area contributed by atoms with E-state index in [-0.39, 0.29) is 42.5 Å². The number of hydrogen-bond donors (Lipinski definition) is 3. The fourth-order valence-corrected chi connectivity index (χ4v) is 2.26. The Hall–Kier alpha value is -2.43. The van der Waals surface area contributed by atoms with Crippen LogP contribution in [0, 0.1) is 0 Å². The van der Waals surface area contributed by atoms with Gasteiger partial charge in [-0.1, -0.05) is 12.1 Å². The minimum absolute atomic E-state index is 0. The predicted octanol–water partition coefficient (Wildman–Crippen LogP) is 2.15. The second kappa shape index (κ2) is 12.9. The molecule has 0 saturated heterocycles.